The zero-order valence-electron chi connectivity index (χ0n) is 19.1. The summed E-state index contributed by atoms with van der Waals surface area (Å²) >= 11 is 6.40. The molecule has 34 heavy (non-hydrogen) atoms. The Hall–Kier alpha value is -2.91. The fourth-order valence-electron chi connectivity index (χ4n) is 4.14. The summed E-state index contributed by atoms with van der Waals surface area (Å²) in [6.45, 7) is 0.669. The molecule has 3 N–H and O–H groups in total. The molecule has 1 saturated carbocycles. The molecular weight excluding hydrogens is 465 g/mol. The molecule has 0 saturated heterocycles. The summed E-state index contributed by atoms with van der Waals surface area (Å²) in [5, 5.41) is 15.4. The highest BCUT2D eigenvalue weighted by Crippen LogP contribution is 2.31. The van der Waals surface area contributed by atoms with Crippen LogP contribution in [0.5, 0.6) is 5.75 Å². The van der Waals surface area contributed by atoms with Gasteiger partial charge in [0.25, 0.3) is 5.91 Å². The molecule has 1 aromatic carbocycles. The van der Waals surface area contributed by atoms with E-state index in [2.05, 4.69) is 15.6 Å². The van der Waals surface area contributed by atoms with Crippen molar-refractivity contribution in [3.63, 3.8) is 0 Å². The van der Waals surface area contributed by atoms with Crippen molar-refractivity contribution in [1.29, 1.82) is 0 Å². The molecule has 10 heteroatoms. The normalized spacial score (nSPS) is 18.7. The molecule has 1 unspecified atom stereocenters. The number of benzene rings is 1. The van der Waals surface area contributed by atoms with E-state index < -0.39 is 17.8 Å². The zero-order valence-corrected chi connectivity index (χ0v) is 19.9. The van der Waals surface area contributed by atoms with Gasteiger partial charge in [0.15, 0.2) is 0 Å². The van der Waals surface area contributed by atoms with Gasteiger partial charge in [-0.1, -0.05) is 11.6 Å². The summed E-state index contributed by atoms with van der Waals surface area (Å²) in [7, 11) is 3.02. The molecule has 0 aliphatic heterocycles. The zero-order chi connectivity index (χ0) is 24.7. The van der Waals surface area contributed by atoms with E-state index >= 15 is 0 Å². The second-order valence-corrected chi connectivity index (χ2v) is 8.77. The van der Waals surface area contributed by atoms with Crippen LogP contribution >= 0.6 is 11.6 Å². The summed E-state index contributed by atoms with van der Waals surface area (Å²) in [4.78, 5) is 28.0. The summed E-state index contributed by atoms with van der Waals surface area (Å²) in [5.41, 5.74) is 0.850. The topological polar surface area (TPSA) is 110 Å². The molecule has 1 amide bonds. The molecule has 3 rings (SSSR count). The van der Waals surface area contributed by atoms with E-state index in [-0.39, 0.29) is 29.4 Å². The van der Waals surface area contributed by atoms with Gasteiger partial charge < -0.3 is 25.2 Å². The quantitative estimate of drug-likeness (QED) is 0.452. The minimum Gasteiger partial charge on any atom is -0.496 e. The Balaban J connectivity index is 1.64. The number of carbonyl (C=O) groups excluding carboxylic acids is 1. The number of pyridine rings is 1. The number of nitrogens with one attached hydrogen (secondary N) is 2. The lowest BCUT2D eigenvalue weighted by Gasteiger charge is -2.26. The predicted molar refractivity (Wildman–Crippen MR) is 126 cm³/mol. The first-order chi connectivity index (χ1) is 16.3. The molecule has 1 aromatic heterocycles. The number of hydrogen-bond donors (Lipinski definition) is 3. The minimum atomic E-state index is -0.750. The van der Waals surface area contributed by atoms with Gasteiger partial charge in [-0.25, -0.2) is 9.37 Å². The van der Waals surface area contributed by atoms with Gasteiger partial charge in [-0.05, 0) is 55.9 Å². The van der Waals surface area contributed by atoms with Crippen molar-refractivity contribution in [2.45, 2.75) is 31.7 Å². The average Bonchev–Trinajstić information content (AvgIpc) is 2.83. The number of ether oxygens (including phenoxy) is 2. The van der Waals surface area contributed by atoms with E-state index in [0.717, 1.165) is 12.8 Å². The Bertz CT molecular complexity index is 1010. The number of amides is 1. The van der Waals surface area contributed by atoms with Crippen molar-refractivity contribution in [3.8, 4) is 5.75 Å². The molecule has 0 bridgehead atoms. The third kappa shape index (κ3) is 6.57. The predicted octanol–water partition coefficient (Wildman–Crippen LogP) is 4.30. The van der Waals surface area contributed by atoms with Gasteiger partial charge in [0.05, 0.1) is 36.3 Å². The number of aliphatic carboxylic acids is 1. The highest BCUT2D eigenvalue weighted by molar-refractivity contribution is 6.33. The Morgan fingerprint density at radius 3 is 2.59 bits per heavy atom. The van der Waals surface area contributed by atoms with Crippen LogP contribution in [0.15, 0.2) is 30.5 Å². The van der Waals surface area contributed by atoms with Crippen LogP contribution in [0.1, 0.15) is 47.6 Å². The highest BCUT2D eigenvalue weighted by Gasteiger charge is 2.26. The Labute approximate surface area is 202 Å². The van der Waals surface area contributed by atoms with Crippen LogP contribution in [-0.4, -0.2) is 49.3 Å². The molecular formula is C24H29ClFN3O5. The number of carbonyl (C=O) groups is 2. The fraction of sp³-hybridized carbons (Fsp3) is 0.458. The van der Waals surface area contributed by atoms with Gasteiger partial charge in [0.2, 0.25) is 0 Å². The van der Waals surface area contributed by atoms with Gasteiger partial charge >= 0.3 is 5.97 Å². The molecule has 1 aliphatic rings. The van der Waals surface area contributed by atoms with Crippen molar-refractivity contribution in [2.24, 2.45) is 11.8 Å². The van der Waals surface area contributed by atoms with Crippen molar-refractivity contribution < 1.29 is 28.6 Å². The number of hydrogen-bond acceptors (Lipinski definition) is 6. The lowest BCUT2D eigenvalue weighted by Crippen LogP contribution is -2.32. The maximum absolute atomic E-state index is 13.9. The highest BCUT2D eigenvalue weighted by atomic mass is 35.5. The fourth-order valence-corrected chi connectivity index (χ4v) is 4.36. The minimum absolute atomic E-state index is 0.199. The first kappa shape index (κ1) is 25.7. The first-order valence-corrected chi connectivity index (χ1v) is 11.5. The molecule has 0 spiro atoms. The number of nitrogens with zero attached hydrogens (tertiary/aromatic N) is 1. The Morgan fingerprint density at radius 1 is 1.24 bits per heavy atom. The Kier molecular flexibility index (Phi) is 9.06. The number of rotatable bonds is 10. The van der Waals surface area contributed by atoms with Gasteiger partial charge in [-0.2, -0.15) is 0 Å². The summed E-state index contributed by atoms with van der Waals surface area (Å²) in [5.74, 6) is -0.702. The van der Waals surface area contributed by atoms with Crippen LogP contribution in [0.25, 0.3) is 0 Å². The molecule has 1 heterocycles. The third-order valence-electron chi connectivity index (χ3n) is 6.06. The van der Waals surface area contributed by atoms with Gasteiger partial charge in [0, 0.05) is 25.4 Å². The standard InChI is InChI=1S/C24H29ClFN3O5/c1-33-13-20(18-10-17(26)7-8-21(18)34-2)29-22-19(25)9-16(12-27-22)23(30)28-11-14-3-5-15(6-4-14)24(31)32/h7-10,12,14-15,20H,3-6,11,13H2,1-2H3,(H,27,29)(H,28,30)(H,31,32)/t14-,15-,20?. The van der Waals surface area contributed by atoms with Crippen LogP contribution in [0.4, 0.5) is 10.2 Å². The van der Waals surface area contributed by atoms with E-state index in [9.17, 15) is 14.0 Å². The lowest BCUT2D eigenvalue weighted by atomic mass is 9.82. The largest absolute Gasteiger partial charge is 0.496 e. The van der Waals surface area contributed by atoms with Crippen molar-refractivity contribution in [3.05, 3.63) is 52.4 Å². The van der Waals surface area contributed by atoms with Crippen molar-refractivity contribution >= 4 is 29.3 Å². The number of halogens is 2. The summed E-state index contributed by atoms with van der Waals surface area (Å²) in [6.07, 6.45) is 4.20. The average molecular weight is 494 g/mol. The Morgan fingerprint density at radius 2 is 1.97 bits per heavy atom. The van der Waals surface area contributed by atoms with E-state index in [4.69, 9.17) is 26.2 Å². The van der Waals surface area contributed by atoms with E-state index in [0.29, 0.717) is 42.1 Å². The van der Waals surface area contributed by atoms with Gasteiger partial charge in [0.1, 0.15) is 17.4 Å². The van der Waals surface area contributed by atoms with Crippen molar-refractivity contribution in [1.82, 2.24) is 10.3 Å². The first-order valence-electron chi connectivity index (χ1n) is 11.1. The number of carboxylic acids is 1. The molecule has 0 radical (unpaired) electrons. The molecule has 8 nitrogen and oxygen atoms in total. The van der Waals surface area contributed by atoms with Gasteiger partial charge in [-0.3, -0.25) is 9.59 Å². The number of carboxylic acid groups (broad SMARTS) is 1. The molecule has 1 aliphatic carbocycles. The van der Waals surface area contributed by atoms with Crippen LogP contribution in [-0.2, 0) is 9.53 Å². The molecule has 1 fully saturated rings. The van der Waals surface area contributed by atoms with Crippen molar-refractivity contribution in [2.75, 3.05) is 32.7 Å². The number of aromatic nitrogens is 1. The summed E-state index contributed by atoms with van der Waals surface area (Å²) < 4.78 is 24.5. The molecule has 184 valence electrons. The maximum Gasteiger partial charge on any atom is 0.306 e. The van der Waals surface area contributed by atoms with E-state index in [1.54, 1.807) is 0 Å². The number of anilines is 1. The van der Waals surface area contributed by atoms with Crippen LogP contribution in [0.2, 0.25) is 5.02 Å². The van der Waals surface area contributed by atoms with E-state index in [1.807, 2.05) is 0 Å². The summed E-state index contributed by atoms with van der Waals surface area (Å²) in [6, 6.07) is 5.21. The SMILES string of the molecule is COCC(Nc1ncc(C(=O)NC[C@H]2CC[C@H](C(=O)O)CC2)cc1Cl)c1cc(F)ccc1OC. The monoisotopic (exact) mass is 493 g/mol. The third-order valence-corrected chi connectivity index (χ3v) is 6.35. The van der Waals surface area contributed by atoms with Crippen LogP contribution in [0.3, 0.4) is 0 Å². The molecule has 1 atom stereocenters. The van der Waals surface area contributed by atoms with Crippen LogP contribution < -0.4 is 15.4 Å². The number of methoxy groups -OCH3 is 2. The second-order valence-electron chi connectivity index (χ2n) is 8.36. The second kappa shape index (κ2) is 12.0. The molecule has 2 aromatic rings. The van der Waals surface area contributed by atoms with Crippen LogP contribution in [0, 0.1) is 17.7 Å². The van der Waals surface area contributed by atoms with E-state index in [1.165, 1.54) is 44.7 Å². The van der Waals surface area contributed by atoms with Gasteiger partial charge in [-0.15, -0.1) is 0 Å². The maximum atomic E-state index is 13.9. The smallest absolute Gasteiger partial charge is 0.306 e. The lowest BCUT2D eigenvalue weighted by molar-refractivity contribution is -0.143.